The lowest BCUT2D eigenvalue weighted by Crippen LogP contribution is -2.38. The Kier molecular flexibility index (Phi) is 3.95. The van der Waals surface area contributed by atoms with Crippen LogP contribution >= 0.6 is 0 Å². The molecule has 2 aromatic carbocycles. The summed E-state index contributed by atoms with van der Waals surface area (Å²) in [5, 5.41) is 4.45. The lowest BCUT2D eigenvalue weighted by atomic mass is 10.1. The highest BCUT2D eigenvalue weighted by Crippen LogP contribution is 2.33. The number of nitrogens with zero attached hydrogens (tertiary/aromatic N) is 3. The second-order valence-electron chi connectivity index (χ2n) is 6.30. The van der Waals surface area contributed by atoms with E-state index in [2.05, 4.69) is 5.10 Å². The monoisotopic (exact) mass is 351 g/mol. The first-order chi connectivity index (χ1) is 12.5. The van der Waals surface area contributed by atoms with Crippen LogP contribution in [0.1, 0.15) is 21.7 Å². The van der Waals surface area contributed by atoms with E-state index in [0.29, 0.717) is 30.2 Å². The van der Waals surface area contributed by atoms with Crippen molar-refractivity contribution in [3.05, 3.63) is 71.3 Å². The number of halogens is 1. The lowest BCUT2D eigenvalue weighted by Gasteiger charge is -2.29. The number of ether oxygens (including phenoxy) is 1. The van der Waals surface area contributed by atoms with Crippen LogP contribution in [0.4, 0.5) is 10.1 Å². The molecule has 132 valence electrons. The zero-order valence-corrected chi connectivity index (χ0v) is 14.6. The number of rotatable bonds is 2. The van der Waals surface area contributed by atoms with Crippen LogP contribution in [0, 0.1) is 19.7 Å². The predicted octanol–water partition coefficient (Wildman–Crippen LogP) is 3.67. The van der Waals surface area contributed by atoms with Gasteiger partial charge in [-0.1, -0.05) is 0 Å². The molecular weight excluding hydrogens is 333 g/mol. The SMILES string of the molecule is Cc1cc(C)n(-c2ccc(C(=O)N3CCOc4cc(F)ccc43)cc2)n1. The van der Waals surface area contributed by atoms with Crippen LogP contribution in [0.5, 0.6) is 5.75 Å². The van der Waals surface area contributed by atoms with E-state index in [1.54, 1.807) is 23.1 Å². The van der Waals surface area contributed by atoms with Gasteiger partial charge in [0.2, 0.25) is 0 Å². The van der Waals surface area contributed by atoms with E-state index in [9.17, 15) is 9.18 Å². The van der Waals surface area contributed by atoms with Crippen molar-refractivity contribution in [2.45, 2.75) is 13.8 Å². The topological polar surface area (TPSA) is 47.4 Å². The third-order valence-corrected chi connectivity index (χ3v) is 4.40. The van der Waals surface area contributed by atoms with Gasteiger partial charge in [-0.25, -0.2) is 9.07 Å². The van der Waals surface area contributed by atoms with Crippen molar-refractivity contribution in [2.75, 3.05) is 18.1 Å². The largest absolute Gasteiger partial charge is 0.489 e. The van der Waals surface area contributed by atoms with E-state index in [4.69, 9.17) is 4.74 Å². The minimum Gasteiger partial charge on any atom is -0.489 e. The van der Waals surface area contributed by atoms with Gasteiger partial charge in [-0.15, -0.1) is 0 Å². The maximum Gasteiger partial charge on any atom is 0.258 e. The average Bonchev–Trinajstić information content (AvgIpc) is 2.98. The molecule has 5 nitrogen and oxygen atoms in total. The Hall–Kier alpha value is -3.15. The number of carbonyl (C=O) groups excluding carboxylic acids is 1. The number of aryl methyl sites for hydroxylation is 2. The van der Waals surface area contributed by atoms with Crippen molar-refractivity contribution in [1.29, 1.82) is 0 Å². The highest BCUT2D eigenvalue weighted by molar-refractivity contribution is 6.07. The summed E-state index contributed by atoms with van der Waals surface area (Å²) in [6.45, 7) is 4.70. The van der Waals surface area contributed by atoms with Crippen molar-refractivity contribution >= 4 is 11.6 Å². The Labute approximate surface area is 150 Å². The van der Waals surface area contributed by atoms with Gasteiger partial charge in [-0.3, -0.25) is 4.79 Å². The van der Waals surface area contributed by atoms with Crippen LogP contribution < -0.4 is 9.64 Å². The highest BCUT2D eigenvalue weighted by atomic mass is 19.1. The molecule has 0 N–H and O–H groups in total. The number of hydrogen-bond donors (Lipinski definition) is 0. The fourth-order valence-corrected chi connectivity index (χ4v) is 3.20. The van der Waals surface area contributed by atoms with Crippen molar-refractivity contribution < 1.29 is 13.9 Å². The van der Waals surface area contributed by atoms with Crippen LogP contribution in [-0.2, 0) is 0 Å². The van der Waals surface area contributed by atoms with Crippen molar-refractivity contribution in [3.63, 3.8) is 0 Å². The van der Waals surface area contributed by atoms with Crippen molar-refractivity contribution in [2.24, 2.45) is 0 Å². The molecule has 1 aliphatic heterocycles. The third kappa shape index (κ3) is 2.83. The minimum atomic E-state index is -0.382. The van der Waals surface area contributed by atoms with Gasteiger partial charge in [0.25, 0.3) is 5.91 Å². The van der Waals surface area contributed by atoms with Gasteiger partial charge in [-0.05, 0) is 56.3 Å². The number of aromatic nitrogens is 2. The fraction of sp³-hybridized carbons (Fsp3) is 0.200. The number of fused-ring (bicyclic) bond motifs is 1. The Bertz CT molecular complexity index is 979. The summed E-state index contributed by atoms with van der Waals surface area (Å²) in [7, 11) is 0. The fourth-order valence-electron chi connectivity index (χ4n) is 3.20. The number of anilines is 1. The maximum atomic E-state index is 13.4. The van der Waals surface area contributed by atoms with Crippen LogP contribution in [-0.4, -0.2) is 28.8 Å². The van der Waals surface area contributed by atoms with E-state index in [1.807, 2.05) is 36.7 Å². The first-order valence-corrected chi connectivity index (χ1v) is 8.41. The van der Waals surface area contributed by atoms with E-state index in [1.165, 1.54) is 12.1 Å². The summed E-state index contributed by atoms with van der Waals surface area (Å²) >= 11 is 0. The summed E-state index contributed by atoms with van der Waals surface area (Å²) in [5.74, 6) is -0.128. The van der Waals surface area contributed by atoms with Gasteiger partial charge >= 0.3 is 0 Å². The Balaban J connectivity index is 1.63. The summed E-state index contributed by atoms with van der Waals surface area (Å²) in [6, 6.07) is 13.5. The quantitative estimate of drug-likeness (QED) is 0.708. The number of hydrogen-bond acceptors (Lipinski definition) is 3. The molecular formula is C20H18FN3O2. The molecule has 0 saturated carbocycles. The number of benzene rings is 2. The van der Waals surface area contributed by atoms with E-state index in [-0.39, 0.29) is 11.7 Å². The average molecular weight is 351 g/mol. The first kappa shape index (κ1) is 16.3. The molecule has 2 heterocycles. The zero-order valence-electron chi connectivity index (χ0n) is 14.6. The maximum absolute atomic E-state index is 13.4. The van der Waals surface area contributed by atoms with Crippen LogP contribution in [0.15, 0.2) is 48.5 Å². The highest BCUT2D eigenvalue weighted by Gasteiger charge is 2.25. The lowest BCUT2D eigenvalue weighted by molar-refractivity contribution is 0.0976. The molecule has 4 rings (SSSR count). The van der Waals surface area contributed by atoms with Crippen LogP contribution in [0.25, 0.3) is 5.69 Å². The van der Waals surface area contributed by atoms with Gasteiger partial charge < -0.3 is 9.64 Å². The standard InChI is InChI=1S/C20H18FN3O2/c1-13-11-14(2)24(22-13)17-6-3-15(4-7-17)20(25)23-9-10-26-19-12-16(21)5-8-18(19)23/h3-8,11-12H,9-10H2,1-2H3. The molecule has 26 heavy (non-hydrogen) atoms. The summed E-state index contributed by atoms with van der Waals surface area (Å²) in [6.07, 6.45) is 0. The minimum absolute atomic E-state index is 0.138. The van der Waals surface area contributed by atoms with E-state index < -0.39 is 0 Å². The van der Waals surface area contributed by atoms with Gasteiger partial charge in [0.05, 0.1) is 23.6 Å². The Morgan fingerprint density at radius 2 is 1.88 bits per heavy atom. The second kappa shape index (κ2) is 6.29. The molecule has 0 bridgehead atoms. The third-order valence-electron chi connectivity index (χ3n) is 4.40. The van der Waals surface area contributed by atoms with Gasteiger partial charge in [-0.2, -0.15) is 5.10 Å². The molecule has 0 radical (unpaired) electrons. The number of amides is 1. The summed E-state index contributed by atoms with van der Waals surface area (Å²) < 4.78 is 20.7. The van der Waals surface area contributed by atoms with Crippen LogP contribution in [0.3, 0.4) is 0 Å². The molecule has 1 aromatic heterocycles. The second-order valence-corrected chi connectivity index (χ2v) is 6.30. The number of carbonyl (C=O) groups is 1. The zero-order chi connectivity index (χ0) is 18.3. The molecule has 1 aliphatic rings. The normalized spacial score (nSPS) is 13.3. The molecule has 3 aromatic rings. The van der Waals surface area contributed by atoms with E-state index in [0.717, 1.165) is 17.1 Å². The van der Waals surface area contributed by atoms with Gasteiger partial charge in [0.1, 0.15) is 18.2 Å². The molecule has 0 atom stereocenters. The molecule has 0 spiro atoms. The Morgan fingerprint density at radius 1 is 1.12 bits per heavy atom. The smallest absolute Gasteiger partial charge is 0.258 e. The predicted molar refractivity (Wildman–Crippen MR) is 96.6 cm³/mol. The van der Waals surface area contributed by atoms with Crippen LogP contribution in [0.2, 0.25) is 0 Å². The molecule has 0 fully saturated rings. The summed E-state index contributed by atoms with van der Waals surface area (Å²) in [5.41, 5.74) is 4.03. The Morgan fingerprint density at radius 3 is 2.58 bits per heavy atom. The van der Waals surface area contributed by atoms with E-state index >= 15 is 0 Å². The summed E-state index contributed by atoms with van der Waals surface area (Å²) in [4.78, 5) is 14.5. The van der Waals surface area contributed by atoms with Crippen molar-refractivity contribution in [1.82, 2.24) is 9.78 Å². The molecule has 6 heteroatoms. The molecule has 0 saturated heterocycles. The van der Waals surface area contributed by atoms with Gasteiger partial charge in [0, 0.05) is 17.3 Å². The molecule has 0 aliphatic carbocycles. The first-order valence-electron chi connectivity index (χ1n) is 8.41. The van der Waals surface area contributed by atoms with Gasteiger partial charge in [0.15, 0.2) is 0 Å². The molecule has 0 unspecified atom stereocenters. The van der Waals surface area contributed by atoms with Crippen molar-refractivity contribution in [3.8, 4) is 11.4 Å². The molecule has 1 amide bonds.